The smallest absolute Gasteiger partial charge is 0.383 e. The maximum absolute atomic E-state index is 13.8. The minimum Gasteiger partial charge on any atom is -0.383 e. The van der Waals surface area contributed by atoms with E-state index in [0.717, 1.165) is 0 Å². The SMILES string of the molecule is CC(=O)c1cnc(N)c(-c2ccc(NC(=O)Nc3cc(C(F)(F)F)ccc3F)cc2)c1. The van der Waals surface area contributed by atoms with Gasteiger partial charge in [-0.05, 0) is 48.9 Å². The van der Waals surface area contributed by atoms with Crippen LogP contribution in [0.4, 0.5) is 39.5 Å². The summed E-state index contributed by atoms with van der Waals surface area (Å²) in [7, 11) is 0. The van der Waals surface area contributed by atoms with Gasteiger partial charge in [-0.2, -0.15) is 13.2 Å². The van der Waals surface area contributed by atoms with Crippen LogP contribution in [0.3, 0.4) is 0 Å². The van der Waals surface area contributed by atoms with Crippen molar-refractivity contribution in [1.82, 2.24) is 4.98 Å². The summed E-state index contributed by atoms with van der Waals surface area (Å²) < 4.78 is 52.1. The zero-order valence-corrected chi connectivity index (χ0v) is 16.0. The van der Waals surface area contributed by atoms with Crippen LogP contribution in [-0.4, -0.2) is 16.8 Å². The van der Waals surface area contributed by atoms with Crippen LogP contribution in [0.2, 0.25) is 0 Å². The van der Waals surface area contributed by atoms with Crippen molar-refractivity contribution < 1.29 is 27.2 Å². The van der Waals surface area contributed by atoms with E-state index in [4.69, 9.17) is 5.73 Å². The van der Waals surface area contributed by atoms with Crippen LogP contribution in [-0.2, 0) is 6.18 Å². The second-order valence-electron chi connectivity index (χ2n) is 6.56. The van der Waals surface area contributed by atoms with Gasteiger partial charge in [-0.25, -0.2) is 14.2 Å². The molecule has 0 aliphatic rings. The first-order valence-electron chi connectivity index (χ1n) is 8.86. The van der Waals surface area contributed by atoms with E-state index in [0.29, 0.717) is 40.6 Å². The molecule has 0 radical (unpaired) electrons. The molecule has 0 unspecified atom stereocenters. The summed E-state index contributed by atoms with van der Waals surface area (Å²) in [5.41, 5.74) is 6.00. The lowest BCUT2D eigenvalue weighted by molar-refractivity contribution is -0.137. The molecule has 0 fully saturated rings. The van der Waals surface area contributed by atoms with Crippen LogP contribution in [0.15, 0.2) is 54.7 Å². The number of nitrogens with two attached hydrogens (primary N) is 1. The molecule has 0 atom stereocenters. The standard InChI is InChI=1S/C21H16F4N4O2/c1-11(30)13-8-16(19(26)27-10-13)12-2-5-15(6-3-12)28-20(31)29-18-9-14(21(23,24)25)4-7-17(18)22/h2-10H,1H3,(H2,26,27)(H2,28,29,31). The number of nitrogens with one attached hydrogen (secondary N) is 2. The van der Waals surface area contributed by atoms with Crippen LogP contribution >= 0.6 is 0 Å². The molecule has 0 aliphatic heterocycles. The summed E-state index contributed by atoms with van der Waals surface area (Å²) in [6.45, 7) is 1.40. The first kappa shape index (κ1) is 21.8. The van der Waals surface area contributed by atoms with Gasteiger partial charge in [-0.1, -0.05) is 12.1 Å². The van der Waals surface area contributed by atoms with Crippen LogP contribution in [0, 0.1) is 5.82 Å². The number of ketones is 1. The Kier molecular flexibility index (Phi) is 5.91. The van der Waals surface area contributed by atoms with Crippen molar-refractivity contribution in [2.45, 2.75) is 13.1 Å². The number of nitrogen functional groups attached to an aromatic ring is 1. The van der Waals surface area contributed by atoms with E-state index in [-0.39, 0.29) is 11.6 Å². The molecule has 3 aromatic rings. The van der Waals surface area contributed by atoms with Gasteiger partial charge < -0.3 is 16.4 Å². The van der Waals surface area contributed by atoms with Gasteiger partial charge in [-0.15, -0.1) is 0 Å². The molecule has 2 aromatic carbocycles. The Bertz CT molecular complexity index is 1150. The fourth-order valence-corrected chi connectivity index (χ4v) is 2.71. The van der Waals surface area contributed by atoms with Crippen molar-refractivity contribution in [2.24, 2.45) is 0 Å². The molecule has 0 saturated carbocycles. The number of benzene rings is 2. The lowest BCUT2D eigenvalue weighted by atomic mass is 10.0. The molecule has 31 heavy (non-hydrogen) atoms. The highest BCUT2D eigenvalue weighted by Gasteiger charge is 2.31. The Hall–Kier alpha value is -3.95. The number of carbonyl (C=O) groups excluding carboxylic acids is 2. The highest BCUT2D eigenvalue weighted by atomic mass is 19.4. The number of nitrogens with zero attached hydrogens (tertiary/aromatic N) is 1. The minimum absolute atomic E-state index is 0.175. The molecule has 0 spiro atoms. The van der Waals surface area contributed by atoms with E-state index in [1.807, 2.05) is 0 Å². The Labute approximate surface area is 174 Å². The third-order valence-corrected chi connectivity index (χ3v) is 4.32. The molecule has 0 bridgehead atoms. The molecule has 160 valence electrons. The average Bonchev–Trinajstić information content (AvgIpc) is 2.69. The van der Waals surface area contributed by atoms with Gasteiger partial charge in [0.05, 0.1) is 11.3 Å². The Morgan fingerprint density at radius 2 is 1.68 bits per heavy atom. The predicted molar refractivity (Wildman–Crippen MR) is 108 cm³/mol. The fourth-order valence-electron chi connectivity index (χ4n) is 2.71. The summed E-state index contributed by atoms with van der Waals surface area (Å²) in [4.78, 5) is 27.6. The predicted octanol–water partition coefficient (Wildman–Crippen LogP) is 5.34. The van der Waals surface area contributed by atoms with Crippen molar-refractivity contribution in [3.8, 4) is 11.1 Å². The number of aromatic nitrogens is 1. The van der Waals surface area contributed by atoms with Gasteiger partial charge in [0.15, 0.2) is 5.78 Å². The number of pyridine rings is 1. The molecule has 3 rings (SSSR count). The first-order valence-corrected chi connectivity index (χ1v) is 8.86. The fraction of sp³-hybridized carbons (Fsp3) is 0.0952. The van der Waals surface area contributed by atoms with Crippen LogP contribution in [0.5, 0.6) is 0 Å². The average molecular weight is 432 g/mol. The van der Waals surface area contributed by atoms with Gasteiger partial charge in [0.2, 0.25) is 0 Å². The summed E-state index contributed by atoms with van der Waals surface area (Å²) in [6.07, 6.45) is -3.30. The number of hydrogen-bond acceptors (Lipinski definition) is 4. The summed E-state index contributed by atoms with van der Waals surface area (Å²) in [5, 5.41) is 4.45. The number of amides is 2. The molecular weight excluding hydrogens is 416 g/mol. The number of rotatable bonds is 4. The zero-order valence-electron chi connectivity index (χ0n) is 16.0. The zero-order chi connectivity index (χ0) is 22.8. The highest BCUT2D eigenvalue weighted by molar-refractivity contribution is 6.00. The number of carbonyl (C=O) groups is 2. The molecule has 6 nitrogen and oxygen atoms in total. The second-order valence-corrected chi connectivity index (χ2v) is 6.56. The van der Waals surface area contributed by atoms with Gasteiger partial charge in [-0.3, -0.25) is 4.79 Å². The Morgan fingerprint density at radius 3 is 2.29 bits per heavy atom. The summed E-state index contributed by atoms with van der Waals surface area (Å²) in [6, 6.07) is 8.63. The number of alkyl halides is 3. The van der Waals surface area contributed by atoms with E-state index >= 15 is 0 Å². The van der Waals surface area contributed by atoms with E-state index in [1.165, 1.54) is 25.3 Å². The highest BCUT2D eigenvalue weighted by Crippen LogP contribution is 2.32. The normalized spacial score (nSPS) is 11.1. The van der Waals surface area contributed by atoms with Gasteiger partial charge in [0.25, 0.3) is 0 Å². The molecule has 0 saturated heterocycles. The molecule has 4 N–H and O–H groups in total. The number of anilines is 3. The molecule has 2 amide bonds. The van der Waals surface area contributed by atoms with E-state index in [2.05, 4.69) is 15.6 Å². The number of halogens is 4. The van der Waals surface area contributed by atoms with Crippen LogP contribution in [0.25, 0.3) is 11.1 Å². The topological polar surface area (TPSA) is 97.1 Å². The first-order chi connectivity index (χ1) is 14.5. The van der Waals surface area contributed by atoms with Gasteiger partial charge >= 0.3 is 12.2 Å². The summed E-state index contributed by atoms with van der Waals surface area (Å²) in [5.74, 6) is -0.971. The Morgan fingerprint density at radius 1 is 1.00 bits per heavy atom. The third kappa shape index (κ3) is 5.16. The lowest BCUT2D eigenvalue weighted by Crippen LogP contribution is -2.20. The number of urea groups is 1. The molecule has 10 heteroatoms. The van der Waals surface area contributed by atoms with Gasteiger partial charge in [0, 0.05) is 23.0 Å². The maximum Gasteiger partial charge on any atom is 0.416 e. The monoisotopic (exact) mass is 432 g/mol. The van der Waals surface area contributed by atoms with Gasteiger partial charge in [0.1, 0.15) is 11.6 Å². The number of hydrogen-bond donors (Lipinski definition) is 3. The van der Waals surface area contributed by atoms with Crippen LogP contribution < -0.4 is 16.4 Å². The maximum atomic E-state index is 13.8. The Balaban J connectivity index is 1.74. The minimum atomic E-state index is -4.67. The third-order valence-electron chi connectivity index (χ3n) is 4.32. The van der Waals surface area contributed by atoms with Crippen LogP contribution in [0.1, 0.15) is 22.8 Å². The summed E-state index contributed by atoms with van der Waals surface area (Å²) >= 11 is 0. The molecular formula is C21H16F4N4O2. The van der Waals surface area contributed by atoms with Crippen molar-refractivity contribution in [3.05, 3.63) is 71.7 Å². The van der Waals surface area contributed by atoms with Crippen molar-refractivity contribution in [1.29, 1.82) is 0 Å². The van der Waals surface area contributed by atoms with Crippen molar-refractivity contribution >= 4 is 29.0 Å². The number of Topliss-reactive ketones (excluding diaryl/α,β-unsaturated/α-hetero) is 1. The lowest BCUT2D eigenvalue weighted by Gasteiger charge is -2.12. The quantitative estimate of drug-likeness (QED) is 0.383. The van der Waals surface area contributed by atoms with E-state index in [9.17, 15) is 27.2 Å². The molecule has 0 aliphatic carbocycles. The van der Waals surface area contributed by atoms with E-state index < -0.39 is 29.3 Å². The largest absolute Gasteiger partial charge is 0.416 e. The second kappa shape index (κ2) is 8.42. The van der Waals surface area contributed by atoms with Crippen molar-refractivity contribution in [3.63, 3.8) is 0 Å². The van der Waals surface area contributed by atoms with E-state index in [1.54, 1.807) is 18.2 Å². The molecule has 1 heterocycles. The molecule has 1 aromatic heterocycles. The van der Waals surface area contributed by atoms with Crippen molar-refractivity contribution in [2.75, 3.05) is 16.4 Å².